The minimum absolute atomic E-state index is 0.0890. The van der Waals surface area contributed by atoms with E-state index in [9.17, 15) is 9.90 Å². The van der Waals surface area contributed by atoms with Crippen LogP contribution >= 0.6 is 0 Å². The zero-order valence-corrected chi connectivity index (χ0v) is 20.9. The maximum Gasteiger partial charge on any atom is 0.259 e. The molecule has 10 nitrogen and oxygen atoms in total. The van der Waals surface area contributed by atoms with Crippen molar-refractivity contribution in [1.29, 1.82) is 0 Å². The van der Waals surface area contributed by atoms with Gasteiger partial charge in [-0.2, -0.15) is 5.10 Å². The number of allylic oxidation sites excluding steroid dienone is 1. The number of methoxy groups -OCH3 is 1. The van der Waals surface area contributed by atoms with E-state index in [1.165, 1.54) is 7.11 Å². The Hall–Kier alpha value is -4.18. The number of hydrogen-bond acceptors (Lipinski definition) is 9. The van der Waals surface area contributed by atoms with Crippen molar-refractivity contribution in [2.75, 3.05) is 50.7 Å². The van der Waals surface area contributed by atoms with E-state index in [0.717, 1.165) is 22.1 Å². The number of rotatable bonds is 7. The van der Waals surface area contributed by atoms with Gasteiger partial charge in [0.2, 0.25) is 5.88 Å². The molecule has 0 radical (unpaired) electrons. The number of hydrazone groups is 1. The van der Waals surface area contributed by atoms with Gasteiger partial charge in [-0.25, -0.2) is 9.97 Å². The second-order valence-electron chi connectivity index (χ2n) is 8.55. The number of fused-ring (bicyclic) bond motifs is 1. The lowest BCUT2D eigenvalue weighted by molar-refractivity contribution is 0.102. The Morgan fingerprint density at radius 1 is 1.31 bits per heavy atom. The summed E-state index contributed by atoms with van der Waals surface area (Å²) in [6.45, 7) is 9.74. The van der Waals surface area contributed by atoms with Gasteiger partial charge in [0, 0.05) is 62.5 Å². The molecule has 36 heavy (non-hydrogen) atoms. The molecule has 4 rings (SSSR count). The first-order chi connectivity index (χ1) is 17.3. The van der Waals surface area contributed by atoms with E-state index in [2.05, 4.69) is 32.0 Å². The largest absolute Gasteiger partial charge is 0.494 e. The third-order valence-corrected chi connectivity index (χ3v) is 6.03. The molecule has 0 spiro atoms. The fourth-order valence-corrected chi connectivity index (χ4v) is 4.13. The van der Waals surface area contributed by atoms with Crippen molar-refractivity contribution >= 4 is 40.6 Å². The van der Waals surface area contributed by atoms with Crippen molar-refractivity contribution < 1.29 is 19.4 Å². The molecule has 10 heteroatoms. The number of nitrogens with one attached hydrogen (secondary N) is 1. The molecule has 1 fully saturated rings. The zero-order valence-electron chi connectivity index (χ0n) is 20.9. The van der Waals surface area contributed by atoms with Gasteiger partial charge in [-0.3, -0.25) is 9.80 Å². The maximum atomic E-state index is 13.6. The van der Waals surface area contributed by atoms with Crippen LogP contribution in [0, 0.1) is 6.92 Å². The highest BCUT2D eigenvalue weighted by Gasteiger charge is 2.22. The molecule has 0 bridgehead atoms. The number of carbonyl (C=O) groups excluding carboxylic acids is 1. The Labute approximate surface area is 209 Å². The highest BCUT2D eigenvalue weighted by Crippen LogP contribution is 2.33. The number of anilines is 2. The van der Waals surface area contributed by atoms with Crippen LogP contribution < -0.4 is 15.0 Å². The lowest BCUT2D eigenvalue weighted by Crippen LogP contribution is -2.38. The van der Waals surface area contributed by atoms with Crippen LogP contribution in [0.5, 0.6) is 11.6 Å². The number of carbonyl (C=O) groups is 1. The summed E-state index contributed by atoms with van der Waals surface area (Å²) in [6, 6.07) is 6.91. The zero-order chi connectivity index (χ0) is 25.8. The average Bonchev–Trinajstić information content (AvgIpc) is 2.88. The standard InChI is InChI=1S/C26H30N6O4/c1-16-10-23(33)30-24-20(16)12-19(13-22(24)35-5)29-26(34)21-11-18(17(2)15-31(4)27-3)14-28-25(21)32-6-8-36-9-7-32/h10-15H,3,6-9H2,1-2,4-5H3,(H,29,34)(H,30,33)/b17-15+. The Bertz CT molecular complexity index is 1330. The van der Waals surface area contributed by atoms with Crippen molar-refractivity contribution in [3.63, 3.8) is 0 Å². The number of aryl methyl sites for hydroxylation is 1. The van der Waals surface area contributed by atoms with Gasteiger partial charge in [0.05, 0.1) is 25.9 Å². The molecule has 2 aromatic heterocycles. The van der Waals surface area contributed by atoms with Crippen LogP contribution in [0.1, 0.15) is 28.4 Å². The van der Waals surface area contributed by atoms with Gasteiger partial charge >= 0.3 is 0 Å². The third kappa shape index (κ3) is 5.23. The Morgan fingerprint density at radius 3 is 2.75 bits per heavy atom. The van der Waals surface area contributed by atoms with Crippen LogP contribution in [0.25, 0.3) is 16.5 Å². The van der Waals surface area contributed by atoms with Crippen LogP contribution in [0.2, 0.25) is 0 Å². The van der Waals surface area contributed by atoms with Crippen LogP contribution in [0.3, 0.4) is 0 Å². The summed E-state index contributed by atoms with van der Waals surface area (Å²) in [5, 5.41) is 19.1. The minimum Gasteiger partial charge on any atom is -0.494 e. The number of hydrogen-bond donors (Lipinski definition) is 2. The molecule has 0 unspecified atom stereocenters. The van der Waals surface area contributed by atoms with Gasteiger partial charge in [0.15, 0.2) is 0 Å². The topological polar surface area (TPSA) is 112 Å². The monoisotopic (exact) mass is 490 g/mol. The van der Waals surface area contributed by atoms with Crippen molar-refractivity contribution in [1.82, 2.24) is 15.0 Å². The summed E-state index contributed by atoms with van der Waals surface area (Å²) in [5.74, 6) is 0.646. The molecule has 1 amide bonds. The first-order valence-electron chi connectivity index (χ1n) is 11.5. The second-order valence-corrected chi connectivity index (χ2v) is 8.55. The van der Waals surface area contributed by atoms with Crippen molar-refractivity contribution in [3.05, 3.63) is 53.4 Å². The van der Waals surface area contributed by atoms with E-state index >= 15 is 0 Å². The minimum atomic E-state index is -0.306. The Balaban J connectivity index is 1.75. The predicted molar refractivity (Wildman–Crippen MR) is 141 cm³/mol. The fraction of sp³-hybridized carbons (Fsp3) is 0.308. The number of pyridine rings is 2. The number of morpholine rings is 1. The van der Waals surface area contributed by atoms with Crippen LogP contribution in [0.15, 0.2) is 41.8 Å². The van der Waals surface area contributed by atoms with Gasteiger partial charge in [-0.05, 0) is 42.7 Å². The SMILES string of the molecule is C=NN(C)/C=C(\C)c1cnc(N2CCOCC2)c(C(=O)Nc2cc(OC)c3nc(O)cc(C)c3c2)c1. The first kappa shape index (κ1) is 24.9. The van der Waals surface area contributed by atoms with Crippen LogP contribution in [-0.4, -0.2) is 73.2 Å². The molecular formula is C26H30N6O4. The van der Waals surface area contributed by atoms with Crippen LogP contribution in [0.4, 0.5) is 11.5 Å². The van der Waals surface area contributed by atoms with Gasteiger partial charge < -0.3 is 24.8 Å². The molecule has 1 aliphatic heterocycles. The molecule has 0 saturated carbocycles. The lowest BCUT2D eigenvalue weighted by atomic mass is 10.1. The fourth-order valence-electron chi connectivity index (χ4n) is 4.13. The molecule has 0 atom stereocenters. The first-order valence-corrected chi connectivity index (χ1v) is 11.5. The summed E-state index contributed by atoms with van der Waals surface area (Å²) in [6.07, 6.45) is 3.57. The molecule has 1 aromatic carbocycles. The van der Waals surface area contributed by atoms with E-state index in [4.69, 9.17) is 9.47 Å². The normalized spacial score (nSPS) is 14.0. The quantitative estimate of drug-likeness (QED) is 0.381. The van der Waals surface area contributed by atoms with E-state index in [-0.39, 0.29) is 11.8 Å². The second kappa shape index (κ2) is 10.6. The summed E-state index contributed by atoms with van der Waals surface area (Å²) in [7, 11) is 3.30. The van der Waals surface area contributed by atoms with Gasteiger partial charge in [-0.1, -0.05) is 0 Å². The molecule has 3 heterocycles. The van der Waals surface area contributed by atoms with Gasteiger partial charge in [0.25, 0.3) is 5.91 Å². The van der Waals surface area contributed by atoms with Crippen molar-refractivity contribution in [3.8, 4) is 11.6 Å². The summed E-state index contributed by atoms with van der Waals surface area (Å²) in [4.78, 5) is 24.6. The van der Waals surface area contributed by atoms with Crippen molar-refractivity contribution in [2.24, 2.45) is 5.10 Å². The van der Waals surface area contributed by atoms with E-state index in [1.54, 1.807) is 30.4 Å². The van der Waals surface area contributed by atoms with Gasteiger partial charge in [0.1, 0.15) is 17.1 Å². The number of aromatic nitrogens is 2. The number of nitrogens with zero attached hydrogens (tertiary/aromatic N) is 5. The van der Waals surface area contributed by atoms with E-state index in [0.29, 0.717) is 54.6 Å². The molecule has 2 N–H and O–H groups in total. The molecule has 1 saturated heterocycles. The van der Waals surface area contributed by atoms with E-state index < -0.39 is 0 Å². The number of aromatic hydroxyl groups is 1. The summed E-state index contributed by atoms with van der Waals surface area (Å²) < 4.78 is 11.0. The maximum absolute atomic E-state index is 13.6. The lowest BCUT2D eigenvalue weighted by Gasteiger charge is -2.29. The highest BCUT2D eigenvalue weighted by atomic mass is 16.5. The third-order valence-electron chi connectivity index (χ3n) is 6.03. The summed E-state index contributed by atoms with van der Waals surface area (Å²) >= 11 is 0. The Morgan fingerprint density at radius 2 is 2.06 bits per heavy atom. The molecular weight excluding hydrogens is 460 g/mol. The number of ether oxygens (including phenoxy) is 2. The van der Waals surface area contributed by atoms with Crippen molar-refractivity contribution in [2.45, 2.75) is 13.8 Å². The molecule has 0 aliphatic carbocycles. The number of amides is 1. The number of benzene rings is 1. The highest BCUT2D eigenvalue weighted by molar-refractivity contribution is 6.09. The molecule has 188 valence electrons. The summed E-state index contributed by atoms with van der Waals surface area (Å²) in [5.41, 5.74) is 3.99. The Kier molecular flexibility index (Phi) is 7.35. The molecule has 1 aliphatic rings. The smallest absolute Gasteiger partial charge is 0.259 e. The van der Waals surface area contributed by atoms with E-state index in [1.807, 2.05) is 32.2 Å². The van der Waals surface area contributed by atoms with Crippen LogP contribution in [-0.2, 0) is 4.74 Å². The predicted octanol–water partition coefficient (Wildman–Crippen LogP) is 3.65. The molecule has 3 aromatic rings. The average molecular weight is 491 g/mol. The van der Waals surface area contributed by atoms with Gasteiger partial charge in [-0.15, -0.1) is 0 Å².